The van der Waals surface area contributed by atoms with Crippen LogP contribution in [0.5, 0.6) is 0 Å². The molecule has 1 saturated carbocycles. The van der Waals surface area contributed by atoms with Crippen molar-refractivity contribution < 1.29 is 9.59 Å². The highest BCUT2D eigenvalue weighted by atomic mass is 35.5. The summed E-state index contributed by atoms with van der Waals surface area (Å²) in [6.45, 7) is 3.69. The second-order valence-electron chi connectivity index (χ2n) is 7.13. The first-order chi connectivity index (χ1) is 11.9. The summed E-state index contributed by atoms with van der Waals surface area (Å²) in [4.78, 5) is 24.3. The van der Waals surface area contributed by atoms with Crippen LogP contribution in [0, 0.1) is 11.8 Å². The molecule has 0 aliphatic heterocycles. The van der Waals surface area contributed by atoms with E-state index >= 15 is 0 Å². The Morgan fingerprint density at radius 2 is 1.80 bits per heavy atom. The smallest absolute Gasteiger partial charge is 0.239 e. The van der Waals surface area contributed by atoms with Gasteiger partial charge in [0.15, 0.2) is 0 Å². The van der Waals surface area contributed by atoms with E-state index in [4.69, 9.17) is 17.3 Å². The summed E-state index contributed by atoms with van der Waals surface area (Å²) in [5.41, 5.74) is 6.85. The van der Waals surface area contributed by atoms with E-state index in [0.29, 0.717) is 10.9 Å². The Morgan fingerprint density at radius 1 is 1.20 bits per heavy atom. The van der Waals surface area contributed by atoms with Crippen molar-refractivity contribution in [3.63, 3.8) is 0 Å². The van der Waals surface area contributed by atoms with Crippen molar-refractivity contribution in [2.24, 2.45) is 17.6 Å². The summed E-state index contributed by atoms with van der Waals surface area (Å²) in [6.07, 6.45) is 4.56. The van der Waals surface area contributed by atoms with Gasteiger partial charge in [0.25, 0.3) is 0 Å². The number of rotatable bonds is 7. The third-order valence-electron chi connectivity index (χ3n) is 4.86. The standard InChI is InChI=1S/C19H28ClN3O2/c1-12(2)17(21)19(25)22-11-16(24)23-18(13-5-3-4-6-13)14-7-9-15(20)10-8-14/h7-10,12-13,17-18H,3-6,11,21H2,1-2H3,(H,22,25)(H,23,24)/t17-,18?/m0/s1. The highest BCUT2D eigenvalue weighted by molar-refractivity contribution is 6.30. The average Bonchev–Trinajstić information content (AvgIpc) is 3.12. The predicted molar refractivity (Wildman–Crippen MR) is 100 cm³/mol. The number of nitrogens with one attached hydrogen (secondary N) is 2. The number of carbonyl (C=O) groups excluding carboxylic acids is 2. The molecule has 0 bridgehead atoms. The van der Waals surface area contributed by atoms with E-state index in [-0.39, 0.29) is 30.3 Å². The molecule has 25 heavy (non-hydrogen) atoms. The first kappa shape index (κ1) is 19.7. The number of carbonyl (C=O) groups is 2. The first-order valence-electron chi connectivity index (χ1n) is 8.96. The van der Waals surface area contributed by atoms with Crippen molar-refractivity contribution >= 4 is 23.4 Å². The van der Waals surface area contributed by atoms with Gasteiger partial charge < -0.3 is 16.4 Å². The van der Waals surface area contributed by atoms with Gasteiger partial charge in [-0.25, -0.2) is 0 Å². The van der Waals surface area contributed by atoms with E-state index in [9.17, 15) is 9.59 Å². The molecule has 0 saturated heterocycles. The molecular weight excluding hydrogens is 338 g/mol. The molecule has 0 spiro atoms. The Balaban J connectivity index is 1.97. The van der Waals surface area contributed by atoms with Crippen molar-refractivity contribution in [2.45, 2.75) is 51.6 Å². The number of amides is 2. The number of nitrogens with two attached hydrogens (primary N) is 1. The monoisotopic (exact) mass is 365 g/mol. The minimum absolute atomic E-state index is 0.0309. The van der Waals surface area contributed by atoms with Crippen molar-refractivity contribution in [1.29, 1.82) is 0 Å². The fourth-order valence-corrected chi connectivity index (χ4v) is 3.37. The zero-order valence-electron chi connectivity index (χ0n) is 14.9. The Labute approximate surface area is 154 Å². The largest absolute Gasteiger partial charge is 0.347 e. The van der Waals surface area contributed by atoms with Crippen molar-refractivity contribution in [3.8, 4) is 0 Å². The second kappa shape index (κ2) is 9.20. The van der Waals surface area contributed by atoms with Crippen molar-refractivity contribution in [1.82, 2.24) is 10.6 Å². The van der Waals surface area contributed by atoms with Gasteiger partial charge in [0, 0.05) is 5.02 Å². The maximum absolute atomic E-state index is 12.4. The molecule has 0 radical (unpaired) electrons. The van der Waals surface area contributed by atoms with Gasteiger partial charge >= 0.3 is 0 Å². The molecule has 138 valence electrons. The molecule has 0 aromatic heterocycles. The molecular formula is C19H28ClN3O2. The third kappa shape index (κ3) is 5.72. The highest BCUT2D eigenvalue weighted by Crippen LogP contribution is 2.36. The lowest BCUT2D eigenvalue weighted by atomic mass is 9.91. The zero-order valence-corrected chi connectivity index (χ0v) is 15.7. The lowest BCUT2D eigenvalue weighted by Gasteiger charge is -2.25. The van der Waals surface area contributed by atoms with Gasteiger partial charge in [-0.05, 0) is 42.4 Å². The van der Waals surface area contributed by atoms with Crippen LogP contribution in [0.3, 0.4) is 0 Å². The Morgan fingerprint density at radius 3 is 2.36 bits per heavy atom. The SMILES string of the molecule is CC(C)[C@H](N)C(=O)NCC(=O)NC(c1ccc(Cl)cc1)C1CCCC1. The quantitative estimate of drug-likeness (QED) is 0.694. The van der Waals surface area contributed by atoms with Crippen LogP contribution in [-0.4, -0.2) is 24.4 Å². The van der Waals surface area contributed by atoms with Crippen molar-refractivity contribution in [3.05, 3.63) is 34.9 Å². The summed E-state index contributed by atoms with van der Waals surface area (Å²) in [7, 11) is 0. The van der Waals surface area contributed by atoms with E-state index < -0.39 is 6.04 Å². The molecule has 2 amide bonds. The second-order valence-corrected chi connectivity index (χ2v) is 7.57. The minimum atomic E-state index is -0.602. The fraction of sp³-hybridized carbons (Fsp3) is 0.579. The summed E-state index contributed by atoms with van der Waals surface area (Å²) in [5, 5.41) is 6.38. The zero-order chi connectivity index (χ0) is 18.4. The summed E-state index contributed by atoms with van der Waals surface area (Å²) < 4.78 is 0. The Hall–Kier alpha value is -1.59. The fourth-order valence-electron chi connectivity index (χ4n) is 3.25. The van der Waals surface area contributed by atoms with E-state index in [1.54, 1.807) is 0 Å². The normalized spacial score (nSPS) is 17.3. The molecule has 5 nitrogen and oxygen atoms in total. The number of hydrogen-bond donors (Lipinski definition) is 3. The number of benzene rings is 1. The van der Waals surface area contributed by atoms with Crippen LogP contribution in [0.4, 0.5) is 0 Å². The maximum Gasteiger partial charge on any atom is 0.239 e. The highest BCUT2D eigenvalue weighted by Gasteiger charge is 2.28. The van der Waals surface area contributed by atoms with E-state index in [1.165, 1.54) is 12.8 Å². The minimum Gasteiger partial charge on any atom is -0.347 e. The van der Waals surface area contributed by atoms with Gasteiger partial charge in [0.1, 0.15) is 0 Å². The summed E-state index contributed by atoms with van der Waals surface area (Å²) in [5.74, 6) is -0.0488. The molecule has 1 aromatic carbocycles. The summed E-state index contributed by atoms with van der Waals surface area (Å²) in [6, 6.07) is 6.94. The molecule has 1 aliphatic rings. The Kier molecular flexibility index (Phi) is 7.26. The van der Waals surface area contributed by atoms with Gasteiger partial charge in [-0.3, -0.25) is 9.59 Å². The van der Waals surface area contributed by atoms with Gasteiger partial charge in [0.2, 0.25) is 11.8 Å². The lowest BCUT2D eigenvalue weighted by Crippen LogP contribution is -2.47. The first-order valence-corrected chi connectivity index (χ1v) is 9.34. The summed E-state index contributed by atoms with van der Waals surface area (Å²) >= 11 is 5.97. The maximum atomic E-state index is 12.4. The number of hydrogen-bond acceptors (Lipinski definition) is 3. The van der Waals surface area contributed by atoms with Gasteiger partial charge in [-0.1, -0.05) is 50.4 Å². The molecule has 4 N–H and O–H groups in total. The molecule has 1 aromatic rings. The van der Waals surface area contributed by atoms with Gasteiger partial charge in [-0.2, -0.15) is 0 Å². The van der Waals surface area contributed by atoms with Crippen LogP contribution >= 0.6 is 11.6 Å². The number of halogens is 1. The Bertz CT molecular complexity index is 583. The topological polar surface area (TPSA) is 84.2 Å². The molecule has 1 unspecified atom stereocenters. The average molecular weight is 366 g/mol. The molecule has 2 atom stereocenters. The van der Waals surface area contributed by atoms with Crippen LogP contribution in [0.1, 0.15) is 51.1 Å². The van der Waals surface area contributed by atoms with Crippen LogP contribution in [0.25, 0.3) is 0 Å². The molecule has 1 aliphatic carbocycles. The van der Waals surface area contributed by atoms with E-state index in [1.807, 2.05) is 38.1 Å². The molecule has 2 rings (SSSR count). The lowest BCUT2D eigenvalue weighted by molar-refractivity contribution is -0.127. The van der Waals surface area contributed by atoms with E-state index in [2.05, 4.69) is 10.6 Å². The van der Waals surface area contributed by atoms with Crippen molar-refractivity contribution in [2.75, 3.05) is 6.54 Å². The third-order valence-corrected chi connectivity index (χ3v) is 5.11. The molecule has 0 heterocycles. The molecule has 1 fully saturated rings. The van der Waals surface area contributed by atoms with Crippen LogP contribution in [0.15, 0.2) is 24.3 Å². The van der Waals surface area contributed by atoms with E-state index in [0.717, 1.165) is 18.4 Å². The van der Waals surface area contributed by atoms with Crippen LogP contribution in [0.2, 0.25) is 5.02 Å². The molecule has 6 heteroatoms. The van der Waals surface area contributed by atoms with Crippen LogP contribution in [-0.2, 0) is 9.59 Å². The van der Waals surface area contributed by atoms with Gasteiger partial charge in [-0.15, -0.1) is 0 Å². The van der Waals surface area contributed by atoms with Crippen LogP contribution < -0.4 is 16.4 Å². The van der Waals surface area contributed by atoms with Gasteiger partial charge in [0.05, 0.1) is 18.6 Å². The predicted octanol–water partition coefficient (Wildman–Crippen LogP) is 2.79.